The van der Waals surface area contributed by atoms with E-state index in [0.29, 0.717) is 6.54 Å². The number of nitrogens with two attached hydrogens (primary N) is 1. The molecule has 0 spiro atoms. The van der Waals surface area contributed by atoms with E-state index in [4.69, 9.17) is 10.8 Å². The molecule has 0 saturated heterocycles. The van der Waals surface area contributed by atoms with Crippen molar-refractivity contribution in [2.75, 3.05) is 0 Å². The SMILES string of the molecule is CC.NCc1ccc(O)cc1. The van der Waals surface area contributed by atoms with E-state index in [1.807, 2.05) is 13.8 Å². The topological polar surface area (TPSA) is 46.2 Å². The van der Waals surface area contributed by atoms with Crippen molar-refractivity contribution >= 4 is 0 Å². The fourth-order valence-corrected chi connectivity index (χ4v) is 0.632. The highest BCUT2D eigenvalue weighted by Crippen LogP contribution is 2.08. The van der Waals surface area contributed by atoms with Crippen LogP contribution in [0.4, 0.5) is 0 Å². The second-order valence-electron chi connectivity index (χ2n) is 1.87. The summed E-state index contributed by atoms with van der Waals surface area (Å²) in [6.07, 6.45) is 0. The maximum Gasteiger partial charge on any atom is 0.115 e. The highest BCUT2D eigenvalue weighted by Gasteiger charge is 1.86. The van der Waals surface area contributed by atoms with Gasteiger partial charge in [0.25, 0.3) is 0 Å². The zero-order valence-corrected chi connectivity index (χ0v) is 7.04. The molecule has 0 aromatic heterocycles. The van der Waals surface area contributed by atoms with Gasteiger partial charge in [0, 0.05) is 6.54 Å². The molecule has 0 aliphatic heterocycles. The van der Waals surface area contributed by atoms with Crippen LogP contribution in [0.2, 0.25) is 0 Å². The summed E-state index contributed by atoms with van der Waals surface area (Å²) >= 11 is 0. The number of hydrogen-bond acceptors (Lipinski definition) is 2. The zero-order valence-electron chi connectivity index (χ0n) is 7.04. The molecule has 1 aromatic carbocycles. The molecule has 2 nitrogen and oxygen atoms in total. The standard InChI is InChI=1S/C7H9NO.C2H6/c8-5-6-1-3-7(9)4-2-6;1-2/h1-4,9H,5,8H2;1-2H3. The van der Waals surface area contributed by atoms with Crippen molar-refractivity contribution in [3.05, 3.63) is 29.8 Å². The van der Waals surface area contributed by atoms with E-state index >= 15 is 0 Å². The van der Waals surface area contributed by atoms with Gasteiger partial charge in [-0.15, -0.1) is 0 Å². The minimum Gasteiger partial charge on any atom is -0.508 e. The van der Waals surface area contributed by atoms with Gasteiger partial charge in [0.1, 0.15) is 5.75 Å². The number of hydrogen-bond donors (Lipinski definition) is 2. The van der Waals surface area contributed by atoms with Crippen LogP contribution in [0.15, 0.2) is 24.3 Å². The van der Waals surface area contributed by atoms with E-state index < -0.39 is 0 Å². The third-order valence-corrected chi connectivity index (χ3v) is 1.17. The van der Waals surface area contributed by atoms with Gasteiger partial charge < -0.3 is 10.8 Å². The summed E-state index contributed by atoms with van der Waals surface area (Å²) in [5, 5.41) is 8.81. The maximum absolute atomic E-state index is 8.81. The molecule has 0 fully saturated rings. The molecule has 0 heterocycles. The normalized spacial score (nSPS) is 8.27. The number of benzene rings is 1. The quantitative estimate of drug-likeness (QED) is 0.647. The summed E-state index contributed by atoms with van der Waals surface area (Å²) in [4.78, 5) is 0. The van der Waals surface area contributed by atoms with Gasteiger partial charge in [-0.2, -0.15) is 0 Å². The molecule has 0 atom stereocenters. The van der Waals surface area contributed by atoms with Crippen LogP contribution in [0.3, 0.4) is 0 Å². The van der Waals surface area contributed by atoms with Gasteiger partial charge in [-0.25, -0.2) is 0 Å². The van der Waals surface area contributed by atoms with Crippen LogP contribution in [0, 0.1) is 0 Å². The maximum atomic E-state index is 8.81. The van der Waals surface area contributed by atoms with Gasteiger partial charge in [0.05, 0.1) is 0 Å². The van der Waals surface area contributed by atoms with Crippen LogP contribution < -0.4 is 5.73 Å². The van der Waals surface area contributed by atoms with Crippen LogP contribution in [-0.2, 0) is 6.54 Å². The van der Waals surface area contributed by atoms with Crippen LogP contribution in [0.5, 0.6) is 5.75 Å². The molecule has 3 N–H and O–H groups in total. The highest BCUT2D eigenvalue weighted by molar-refractivity contribution is 5.25. The first-order valence-corrected chi connectivity index (χ1v) is 3.81. The Morgan fingerprint density at radius 2 is 1.64 bits per heavy atom. The summed E-state index contributed by atoms with van der Waals surface area (Å²) in [5.41, 5.74) is 6.35. The monoisotopic (exact) mass is 153 g/mol. The second kappa shape index (κ2) is 5.74. The Labute approximate surface area is 67.7 Å². The molecule has 0 bridgehead atoms. The van der Waals surface area contributed by atoms with Gasteiger partial charge in [-0.1, -0.05) is 26.0 Å². The van der Waals surface area contributed by atoms with E-state index in [9.17, 15) is 0 Å². The average molecular weight is 153 g/mol. The van der Waals surface area contributed by atoms with Crippen molar-refractivity contribution in [2.24, 2.45) is 5.73 Å². The number of phenols is 1. The van der Waals surface area contributed by atoms with Crippen molar-refractivity contribution in [3.8, 4) is 5.75 Å². The molecule has 0 unspecified atom stereocenters. The van der Waals surface area contributed by atoms with Gasteiger partial charge in [-0.05, 0) is 17.7 Å². The third kappa shape index (κ3) is 3.63. The predicted molar refractivity (Wildman–Crippen MR) is 47.3 cm³/mol. The summed E-state index contributed by atoms with van der Waals surface area (Å²) in [7, 11) is 0. The van der Waals surface area contributed by atoms with Crippen LogP contribution in [-0.4, -0.2) is 5.11 Å². The summed E-state index contributed by atoms with van der Waals surface area (Å²) < 4.78 is 0. The molecule has 0 aliphatic rings. The van der Waals surface area contributed by atoms with E-state index in [0.717, 1.165) is 5.56 Å². The lowest BCUT2D eigenvalue weighted by Crippen LogP contribution is -1.94. The molecule has 62 valence electrons. The van der Waals surface area contributed by atoms with Crippen LogP contribution in [0.1, 0.15) is 19.4 Å². The minimum absolute atomic E-state index is 0.284. The average Bonchev–Trinajstić information content (AvgIpc) is 2.10. The van der Waals surface area contributed by atoms with E-state index in [2.05, 4.69) is 0 Å². The molecular formula is C9H15NO. The zero-order chi connectivity index (χ0) is 8.69. The lowest BCUT2D eigenvalue weighted by atomic mass is 10.2. The Balaban J connectivity index is 0.000000461. The van der Waals surface area contributed by atoms with Gasteiger partial charge in [0.15, 0.2) is 0 Å². The molecular weight excluding hydrogens is 138 g/mol. The number of rotatable bonds is 1. The van der Waals surface area contributed by atoms with Crippen molar-refractivity contribution in [2.45, 2.75) is 20.4 Å². The Bertz CT molecular complexity index is 181. The first-order valence-electron chi connectivity index (χ1n) is 3.81. The first-order chi connectivity index (χ1) is 5.33. The Kier molecular flexibility index (Phi) is 5.21. The lowest BCUT2D eigenvalue weighted by Gasteiger charge is -1.93. The molecule has 1 aromatic rings. The van der Waals surface area contributed by atoms with Crippen molar-refractivity contribution < 1.29 is 5.11 Å². The number of aromatic hydroxyl groups is 1. The summed E-state index contributed by atoms with van der Waals surface area (Å²) in [6, 6.07) is 6.86. The number of phenolic OH excluding ortho intramolecular Hbond substituents is 1. The van der Waals surface area contributed by atoms with Crippen molar-refractivity contribution in [1.29, 1.82) is 0 Å². The molecule has 0 saturated carbocycles. The second-order valence-corrected chi connectivity index (χ2v) is 1.87. The molecule has 0 radical (unpaired) electrons. The smallest absolute Gasteiger partial charge is 0.115 e. The van der Waals surface area contributed by atoms with Gasteiger partial charge in [0.2, 0.25) is 0 Å². The molecule has 0 amide bonds. The Hall–Kier alpha value is -1.02. The van der Waals surface area contributed by atoms with Gasteiger partial charge >= 0.3 is 0 Å². The third-order valence-electron chi connectivity index (χ3n) is 1.17. The minimum atomic E-state index is 0.284. The first kappa shape index (κ1) is 9.98. The Morgan fingerprint density at radius 3 is 2.00 bits per heavy atom. The largest absolute Gasteiger partial charge is 0.508 e. The fraction of sp³-hybridized carbons (Fsp3) is 0.333. The van der Waals surface area contributed by atoms with E-state index in [1.54, 1.807) is 24.3 Å². The van der Waals surface area contributed by atoms with Crippen molar-refractivity contribution in [3.63, 3.8) is 0 Å². The van der Waals surface area contributed by atoms with E-state index in [-0.39, 0.29) is 5.75 Å². The van der Waals surface area contributed by atoms with Gasteiger partial charge in [-0.3, -0.25) is 0 Å². The fourth-order valence-electron chi connectivity index (χ4n) is 0.632. The molecule has 1 rings (SSSR count). The summed E-state index contributed by atoms with van der Waals surface area (Å²) in [5.74, 6) is 0.284. The molecule has 2 heteroatoms. The van der Waals surface area contributed by atoms with Crippen LogP contribution >= 0.6 is 0 Å². The Morgan fingerprint density at radius 1 is 1.18 bits per heavy atom. The highest BCUT2D eigenvalue weighted by atomic mass is 16.3. The van der Waals surface area contributed by atoms with E-state index in [1.165, 1.54) is 0 Å². The predicted octanol–water partition coefficient (Wildman–Crippen LogP) is 1.88. The molecule has 0 aliphatic carbocycles. The lowest BCUT2D eigenvalue weighted by molar-refractivity contribution is 0.475. The summed E-state index contributed by atoms with van der Waals surface area (Å²) in [6.45, 7) is 4.53. The molecule has 11 heavy (non-hydrogen) atoms. The van der Waals surface area contributed by atoms with Crippen LogP contribution in [0.25, 0.3) is 0 Å². The van der Waals surface area contributed by atoms with Crippen molar-refractivity contribution in [1.82, 2.24) is 0 Å².